The van der Waals surface area contributed by atoms with E-state index in [0.717, 1.165) is 5.56 Å². The van der Waals surface area contributed by atoms with Gasteiger partial charge in [0.1, 0.15) is 0 Å². The van der Waals surface area contributed by atoms with Crippen LogP contribution in [0.5, 0.6) is 0 Å². The molecule has 3 atom stereocenters. The number of halogens is 2. The lowest BCUT2D eigenvalue weighted by Crippen LogP contribution is -2.47. The number of benzene rings is 1. The third-order valence-corrected chi connectivity index (χ3v) is 3.84. The van der Waals surface area contributed by atoms with Crippen LogP contribution in [0.25, 0.3) is 0 Å². The van der Waals surface area contributed by atoms with Gasteiger partial charge in [-0.25, -0.2) is 8.78 Å². The van der Waals surface area contributed by atoms with E-state index in [9.17, 15) is 18.7 Å². The summed E-state index contributed by atoms with van der Waals surface area (Å²) in [6.07, 6.45) is -3.36. The SMILES string of the molecule is CC(=O)NCC1C(O)CC(C(F)F)N1Cc1ccccc1. The summed E-state index contributed by atoms with van der Waals surface area (Å²) >= 11 is 0. The summed E-state index contributed by atoms with van der Waals surface area (Å²) in [6.45, 7) is 1.87. The van der Waals surface area contributed by atoms with Crippen LogP contribution in [0.15, 0.2) is 30.3 Å². The van der Waals surface area contributed by atoms with E-state index in [1.165, 1.54) is 6.92 Å². The van der Waals surface area contributed by atoms with Crippen molar-refractivity contribution in [1.82, 2.24) is 10.2 Å². The number of nitrogens with zero attached hydrogens (tertiary/aromatic N) is 1. The number of aliphatic hydroxyl groups is 1. The predicted molar refractivity (Wildman–Crippen MR) is 74.9 cm³/mol. The first-order valence-electron chi connectivity index (χ1n) is 6.99. The number of rotatable bonds is 5. The molecule has 0 saturated carbocycles. The molecule has 21 heavy (non-hydrogen) atoms. The molecule has 0 spiro atoms. The van der Waals surface area contributed by atoms with Crippen LogP contribution >= 0.6 is 0 Å². The Balaban J connectivity index is 2.14. The molecule has 0 aromatic heterocycles. The van der Waals surface area contributed by atoms with Gasteiger partial charge >= 0.3 is 0 Å². The number of likely N-dealkylation sites (tertiary alicyclic amines) is 1. The molecule has 1 aromatic carbocycles. The molecule has 1 amide bonds. The molecular formula is C15H20F2N2O2. The fraction of sp³-hybridized carbons (Fsp3) is 0.533. The van der Waals surface area contributed by atoms with Crippen molar-refractivity contribution < 1.29 is 18.7 Å². The molecule has 116 valence electrons. The summed E-state index contributed by atoms with van der Waals surface area (Å²) in [5.41, 5.74) is 0.907. The molecule has 0 aliphatic carbocycles. The Morgan fingerprint density at radius 1 is 1.43 bits per heavy atom. The summed E-state index contributed by atoms with van der Waals surface area (Å²) in [5.74, 6) is -0.234. The molecule has 2 N–H and O–H groups in total. The van der Waals surface area contributed by atoms with Crippen LogP contribution in [0.3, 0.4) is 0 Å². The Morgan fingerprint density at radius 2 is 2.10 bits per heavy atom. The first kappa shape index (κ1) is 15.9. The number of aliphatic hydroxyl groups excluding tert-OH is 1. The highest BCUT2D eigenvalue weighted by atomic mass is 19.3. The molecule has 4 nitrogen and oxygen atoms in total. The van der Waals surface area contributed by atoms with Gasteiger partial charge in [0.15, 0.2) is 0 Å². The van der Waals surface area contributed by atoms with E-state index in [1.54, 1.807) is 4.90 Å². The number of alkyl halides is 2. The second-order valence-electron chi connectivity index (χ2n) is 5.37. The van der Waals surface area contributed by atoms with E-state index in [0.29, 0.717) is 6.54 Å². The monoisotopic (exact) mass is 298 g/mol. The van der Waals surface area contributed by atoms with Crippen molar-refractivity contribution in [2.75, 3.05) is 6.54 Å². The molecule has 0 bridgehead atoms. The zero-order valence-electron chi connectivity index (χ0n) is 11.9. The topological polar surface area (TPSA) is 52.6 Å². The van der Waals surface area contributed by atoms with Gasteiger partial charge in [0.25, 0.3) is 6.43 Å². The first-order chi connectivity index (χ1) is 9.99. The lowest BCUT2D eigenvalue weighted by atomic mass is 10.1. The van der Waals surface area contributed by atoms with E-state index in [2.05, 4.69) is 5.32 Å². The van der Waals surface area contributed by atoms with Crippen molar-refractivity contribution in [1.29, 1.82) is 0 Å². The first-order valence-corrected chi connectivity index (χ1v) is 6.99. The van der Waals surface area contributed by atoms with Gasteiger partial charge in [-0.2, -0.15) is 0 Å². The number of hydrogen-bond donors (Lipinski definition) is 2. The summed E-state index contributed by atoms with van der Waals surface area (Å²) in [7, 11) is 0. The summed E-state index contributed by atoms with van der Waals surface area (Å²) in [5, 5.41) is 12.7. The molecule has 1 aliphatic heterocycles. The standard InChI is InChI=1S/C15H20F2N2O2/c1-10(20)18-8-13-14(21)7-12(15(16)17)19(13)9-11-5-3-2-4-6-11/h2-6,12-15,21H,7-9H2,1H3,(H,18,20). The fourth-order valence-corrected chi connectivity index (χ4v) is 2.78. The van der Waals surface area contributed by atoms with Crippen molar-refractivity contribution in [3.63, 3.8) is 0 Å². The largest absolute Gasteiger partial charge is 0.391 e. The van der Waals surface area contributed by atoms with Gasteiger partial charge in [0, 0.05) is 20.0 Å². The number of nitrogens with one attached hydrogen (secondary N) is 1. The van der Waals surface area contributed by atoms with Crippen molar-refractivity contribution in [3.8, 4) is 0 Å². The van der Waals surface area contributed by atoms with Crippen molar-refractivity contribution in [3.05, 3.63) is 35.9 Å². The predicted octanol–water partition coefficient (Wildman–Crippen LogP) is 1.39. The van der Waals surface area contributed by atoms with Gasteiger partial charge in [0.05, 0.1) is 18.2 Å². The van der Waals surface area contributed by atoms with Crippen molar-refractivity contribution in [2.24, 2.45) is 0 Å². The molecule has 6 heteroatoms. The molecule has 1 aromatic rings. The van der Waals surface area contributed by atoms with Gasteiger partial charge in [-0.05, 0) is 12.0 Å². The van der Waals surface area contributed by atoms with E-state index in [1.807, 2.05) is 30.3 Å². The van der Waals surface area contributed by atoms with Crippen LogP contribution < -0.4 is 5.32 Å². The van der Waals surface area contributed by atoms with Gasteiger partial charge in [-0.1, -0.05) is 30.3 Å². The summed E-state index contributed by atoms with van der Waals surface area (Å²) in [6, 6.07) is 7.81. The summed E-state index contributed by atoms with van der Waals surface area (Å²) < 4.78 is 26.4. The lowest BCUT2D eigenvalue weighted by molar-refractivity contribution is -0.119. The number of carbonyl (C=O) groups is 1. The Kier molecular flexibility index (Phi) is 5.25. The highest BCUT2D eigenvalue weighted by Gasteiger charge is 2.44. The molecule has 2 rings (SSSR count). The maximum Gasteiger partial charge on any atom is 0.254 e. The Morgan fingerprint density at radius 3 is 2.67 bits per heavy atom. The van der Waals surface area contributed by atoms with Crippen LogP contribution in [0, 0.1) is 0 Å². The number of amides is 1. The van der Waals surface area contributed by atoms with Gasteiger partial charge in [0.2, 0.25) is 5.91 Å². The number of carbonyl (C=O) groups excluding carboxylic acids is 1. The highest BCUT2D eigenvalue weighted by molar-refractivity contribution is 5.72. The number of hydrogen-bond acceptors (Lipinski definition) is 3. The Labute approximate surface area is 122 Å². The second kappa shape index (κ2) is 6.95. The van der Waals surface area contributed by atoms with E-state index in [-0.39, 0.29) is 18.9 Å². The average molecular weight is 298 g/mol. The van der Waals surface area contributed by atoms with Crippen molar-refractivity contribution >= 4 is 5.91 Å². The van der Waals surface area contributed by atoms with Crippen molar-refractivity contribution in [2.45, 2.75) is 44.5 Å². The zero-order valence-corrected chi connectivity index (χ0v) is 11.9. The maximum atomic E-state index is 13.2. The van der Waals surface area contributed by atoms with Crippen LogP contribution in [0.1, 0.15) is 18.9 Å². The van der Waals surface area contributed by atoms with Gasteiger partial charge in [-0.3, -0.25) is 9.69 Å². The average Bonchev–Trinajstić information content (AvgIpc) is 2.74. The maximum absolute atomic E-state index is 13.2. The highest BCUT2D eigenvalue weighted by Crippen LogP contribution is 2.30. The lowest BCUT2D eigenvalue weighted by Gasteiger charge is -2.30. The quantitative estimate of drug-likeness (QED) is 0.864. The van der Waals surface area contributed by atoms with Crippen LogP contribution in [-0.2, 0) is 11.3 Å². The molecule has 1 heterocycles. The van der Waals surface area contributed by atoms with E-state index < -0.39 is 24.6 Å². The molecular weight excluding hydrogens is 278 g/mol. The zero-order chi connectivity index (χ0) is 15.4. The van der Waals surface area contributed by atoms with Gasteiger partial charge in [-0.15, -0.1) is 0 Å². The van der Waals surface area contributed by atoms with E-state index >= 15 is 0 Å². The molecule has 1 saturated heterocycles. The Hall–Kier alpha value is -1.53. The summed E-state index contributed by atoms with van der Waals surface area (Å²) in [4.78, 5) is 12.6. The molecule has 1 aliphatic rings. The second-order valence-corrected chi connectivity index (χ2v) is 5.37. The minimum Gasteiger partial charge on any atom is -0.391 e. The van der Waals surface area contributed by atoms with E-state index in [4.69, 9.17) is 0 Å². The van der Waals surface area contributed by atoms with Gasteiger partial charge < -0.3 is 10.4 Å². The van der Waals surface area contributed by atoms with Crippen LogP contribution in [0.2, 0.25) is 0 Å². The smallest absolute Gasteiger partial charge is 0.254 e. The third-order valence-electron chi connectivity index (χ3n) is 3.84. The third kappa shape index (κ3) is 3.98. The van der Waals surface area contributed by atoms with Crippen LogP contribution in [0.4, 0.5) is 8.78 Å². The minimum absolute atomic E-state index is 0.0226. The molecule has 3 unspecified atom stereocenters. The normalized spacial score (nSPS) is 26.2. The van der Waals surface area contributed by atoms with Crippen LogP contribution in [-0.4, -0.2) is 47.1 Å². The fourth-order valence-electron chi connectivity index (χ4n) is 2.78. The Bertz CT molecular complexity index is 470. The molecule has 0 radical (unpaired) electrons. The molecule has 1 fully saturated rings. The minimum atomic E-state index is -2.52.